The molecular formula is C13H18N2O3. The molecule has 1 unspecified atom stereocenters. The Kier molecular flexibility index (Phi) is 2.48. The van der Waals surface area contributed by atoms with Crippen LogP contribution in [-0.4, -0.2) is 39.6 Å². The number of oxazole rings is 1. The number of hydrogen-bond donors (Lipinski definition) is 1. The van der Waals surface area contributed by atoms with Gasteiger partial charge < -0.3 is 14.4 Å². The zero-order chi connectivity index (χ0) is 12.8. The molecule has 1 aromatic heterocycles. The molecule has 2 aliphatic rings. The fourth-order valence-electron chi connectivity index (χ4n) is 3.24. The predicted molar refractivity (Wildman–Crippen MR) is 63.9 cm³/mol. The second kappa shape index (κ2) is 3.82. The molecule has 5 heteroatoms. The molecule has 1 atom stereocenters. The van der Waals surface area contributed by atoms with E-state index in [0.29, 0.717) is 18.8 Å². The minimum Gasteiger partial charge on any atom is -0.438 e. The maximum absolute atomic E-state index is 12.1. The molecule has 2 fully saturated rings. The van der Waals surface area contributed by atoms with Gasteiger partial charge in [-0.2, -0.15) is 0 Å². The second-order valence-electron chi connectivity index (χ2n) is 5.71. The first kappa shape index (κ1) is 11.7. The molecule has 1 saturated heterocycles. The Hall–Kier alpha value is -1.36. The summed E-state index contributed by atoms with van der Waals surface area (Å²) in [5.74, 6) is 0.202. The summed E-state index contributed by atoms with van der Waals surface area (Å²) < 4.78 is 5.03. The Bertz CT molecular complexity index is 445. The third-order valence-corrected chi connectivity index (χ3v) is 4.88. The first-order chi connectivity index (χ1) is 8.54. The van der Waals surface area contributed by atoms with Crippen LogP contribution < -0.4 is 0 Å². The number of aromatic nitrogens is 1. The molecule has 1 spiro atoms. The Morgan fingerprint density at radius 2 is 2.11 bits per heavy atom. The predicted octanol–water partition coefficient (Wildman–Crippen LogP) is 1.44. The van der Waals surface area contributed by atoms with E-state index in [0.717, 1.165) is 25.7 Å². The highest BCUT2D eigenvalue weighted by molar-refractivity contribution is 5.91. The third kappa shape index (κ3) is 1.57. The molecule has 1 aliphatic heterocycles. The Labute approximate surface area is 106 Å². The van der Waals surface area contributed by atoms with Crippen molar-refractivity contribution in [2.45, 2.75) is 38.2 Å². The van der Waals surface area contributed by atoms with E-state index in [9.17, 15) is 9.90 Å². The third-order valence-electron chi connectivity index (χ3n) is 4.88. The van der Waals surface area contributed by atoms with E-state index in [2.05, 4.69) is 4.98 Å². The molecule has 98 valence electrons. The van der Waals surface area contributed by atoms with Gasteiger partial charge in [0.1, 0.15) is 0 Å². The van der Waals surface area contributed by atoms with Crippen molar-refractivity contribution in [2.75, 3.05) is 13.1 Å². The van der Waals surface area contributed by atoms with Crippen LogP contribution in [-0.2, 0) is 0 Å². The van der Waals surface area contributed by atoms with Gasteiger partial charge in [-0.15, -0.1) is 0 Å². The zero-order valence-corrected chi connectivity index (χ0v) is 10.6. The smallest absolute Gasteiger partial charge is 0.291 e. The van der Waals surface area contributed by atoms with Crippen LogP contribution in [0.4, 0.5) is 0 Å². The van der Waals surface area contributed by atoms with Crippen LogP contribution >= 0.6 is 0 Å². The van der Waals surface area contributed by atoms with Crippen molar-refractivity contribution in [3.05, 3.63) is 18.4 Å². The summed E-state index contributed by atoms with van der Waals surface area (Å²) in [4.78, 5) is 17.6. The highest BCUT2D eigenvalue weighted by Gasteiger charge is 2.55. The standard InChI is InChI=1S/C13H18N2O3/c1-12(17)2-3-13(12)4-6-15(7-5-13)11(16)10-8-14-9-18-10/h8-9,17H,2-7H2,1H3. The molecule has 1 amide bonds. The molecular weight excluding hydrogens is 232 g/mol. The molecule has 18 heavy (non-hydrogen) atoms. The molecule has 3 rings (SSSR count). The molecule has 1 saturated carbocycles. The highest BCUT2D eigenvalue weighted by atomic mass is 16.3. The van der Waals surface area contributed by atoms with Crippen LogP contribution in [0.25, 0.3) is 0 Å². The molecule has 0 aromatic carbocycles. The molecule has 0 bridgehead atoms. The fraction of sp³-hybridized carbons (Fsp3) is 0.692. The van der Waals surface area contributed by atoms with Crippen LogP contribution in [0.1, 0.15) is 43.2 Å². The number of carbonyl (C=O) groups is 1. The first-order valence-corrected chi connectivity index (χ1v) is 6.44. The number of amides is 1. The van der Waals surface area contributed by atoms with Crippen molar-refractivity contribution in [1.29, 1.82) is 0 Å². The van der Waals surface area contributed by atoms with E-state index in [-0.39, 0.29) is 11.3 Å². The van der Waals surface area contributed by atoms with Gasteiger partial charge in [-0.05, 0) is 32.6 Å². The van der Waals surface area contributed by atoms with Crippen molar-refractivity contribution in [3.63, 3.8) is 0 Å². The summed E-state index contributed by atoms with van der Waals surface area (Å²) in [6.45, 7) is 3.30. The van der Waals surface area contributed by atoms with E-state index in [4.69, 9.17) is 4.42 Å². The van der Waals surface area contributed by atoms with Crippen molar-refractivity contribution in [1.82, 2.24) is 9.88 Å². The number of nitrogens with zero attached hydrogens (tertiary/aromatic N) is 2. The van der Waals surface area contributed by atoms with Crippen molar-refractivity contribution < 1.29 is 14.3 Å². The molecule has 5 nitrogen and oxygen atoms in total. The Morgan fingerprint density at radius 3 is 2.56 bits per heavy atom. The quantitative estimate of drug-likeness (QED) is 0.819. The molecule has 1 aliphatic carbocycles. The van der Waals surface area contributed by atoms with Crippen LogP contribution in [0.15, 0.2) is 17.0 Å². The van der Waals surface area contributed by atoms with Gasteiger partial charge in [0.05, 0.1) is 11.8 Å². The van der Waals surface area contributed by atoms with Crippen LogP contribution in [0.3, 0.4) is 0 Å². The lowest BCUT2D eigenvalue weighted by Crippen LogP contribution is -2.60. The molecule has 2 heterocycles. The maximum Gasteiger partial charge on any atom is 0.291 e. The van der Waals surface area contributed by atoms with Gasteiger partial charge in [0.15, 0.2) is 6.39 Å². The summed E-state index contributed by atoms with van der Waals surface area (Å²) in [6.07, 6.45) is 6.43. The average molecular weight is 250 g/mol. The van der Waals surface area contributed by atoms with Gasteiger partial charge in [0, 0.05) is 18.5 Å². The summed E-state index contributed by atoms with van der Waals surface area (Å²) in [5, 5.41) is 10.3. The van der Waals surface area contributed by atoms with Gasteiger partial charge in [-0.25, -0.2) is 4.98 Å². The monoisotopic (exact) mass is 250 g/mol. The fourth-order valence-corrected chi connectivity index (χ4v) is 3.24. The Morgan fingerprint density at radius 1 is 1.39 bits per heavy atom. The van der Waals surface area contributed by atoms with Crippen LogP contribution in [0.2, 0.25) is 0 Å². The maximum atomic E-state index is 12.1. The lowest BCUT2D eigenvalue weighted by Gasteiger charge is -2.58. The van der Waals surface area contributed by atoms with E-state index in [1.807, 2.05) is 6.92 Å². The van der Waals surface area contributed by atoms with Gasteiger partial charge in [-0.1, -0.05) is 0 Å². The number of carbonyl (C=O) groups excluding carboxylic acids is 1. The summed E-state index contributed by atoms with van der Waals surface area (Å²) in [6, 6.07) is 0. The van der Waals surface area contributed by atoms with Gasteiger partial charge in [0.2, 0.25) is 5.76 Å². The normalized spacial score (nSPS) is 30.2. The van der Waals surface area contributed by atoms with Crippen LogP contribution in [0.5, 0.6) is 0 Å². The topological polar surface area (TPSA) is 66.6 Å². The van der Waals surface area contributed by atoms with Crippen LogP contribution in [0, 0.1) is 5.41 Å². The number of rotatable bonds is 1. The van der Waals surface area contributed by atoms with Crippen molar-refractivity contribution in [3.8, 4) is 0 Å². The van der Waals surface area contributed by atoms with E-state index in [1.54, 1.807) is 4.90 Å². The second-order valence-corrected chi connectivity index (χ2v) is 5.71. The first-order valence-electron chi connectivity index (χ1n) is 6.44. The molecule has 1 aromatic rings. The van der Waals surface area contributed by atoms with Gasteiger partial charge in [-0.3, -0.25) is 4.79 Å². The van der Waals surface area contributed by atoms with Gasteiger partial charge in [0.25, 0.3) is 5.91 Å². The minimum atomic E-state index is -0.547. The van der Waals surface area contributed by atoms with Crippen molar-refractivity contribution in [2.24, 2.45) is 5.41 Å². The van der Waals surface area contributed by atoms with Gasteiger partial charge >= 0.3 is 0 Å². The summed E-state index contributed by atoms with van der Waals surface area (Å²) in [7, 11) is 0. The van der Waals surface area contributed by atoms with E-state index >= 15 is 0 Å². The molecule has 1 N–H and O–H groups in total. The zero-order valence-electron chi connectivity index (χ0n) is 10.6. The number of aliphatic hydroxyl groups is 1. The number of piperidine rings is 1. The number of likely N-dealkylation sites (tertiary alicyclic amines) is 1. The SMILES string of the molecule is CC1(O)CCC12CCN(C(=O)c1cnco1)CC2. The highest BCUT2D eigenvalue weighted by Crippen LogP contribution is 2.56. The lowest BCUT2D eigenvalue weighted by molar-refractivity contribution is -0.174. The van der Waals surface area contributed by atoms with E-state index < -0.39 is 5.60 Å². The number of hydrogen-bond acceptors (Lipinski definition) is 4. The largest absolute Gasteiger partial charge is 0.438 e. The van der Waals surface area contributed by atoms with E-state index in [1.165, 1.54) is 12.6 Å². The summed E-state index contributed by atoms with van der Waals surface area (Å²) in [5.41, 5.74) is -0.514. The average Bonchev–Trinajstić information content (AvgIpc) is 2.90. The molecule has 0 radical (unpaired) electrons. The summed E-state index contributed by atoms with van der Waals surface area (Å²) >= 11 is 0. The minimum absolute atomic E-state index is 0.0329. The Balaban J connectivity index is 1.66. The lowest BCUT2D eigenvalue weighted by atomic mass is 9.53. The van der Waals surface area contributed by atoms with Crippen molar-refractivity contribution >= 4 is 5.91 Å².